The van der Waals surface area contributed by atoms with E-state index in [1.807, 2.05) is 0 Å². The fraction of sp³-hybridized carbons (Fsp3) is 0.571. The molecule has 1 aliphatic heterocycles. The highest BCUT2D eigenvalue weighted by atomic mass is 79.9. The van der Waals surface area contributed by atoms with Crippen LogP contribution < -0.4 is 5.32 Å². The first-order valence-corrected chi connectivity index (χ1v) is 6.92. The summed E-state index contributed by atoms with van der Waals surface area (Å²) in [7, 11) is 0. The largest absolute Gasteiger partial charge is 0.316 e. The minimum Gasteiger partial charge on any atom is -0.316 e. The molecule has 0 aliphatic carbocycles. The van der Waals surface area contributed by atoms with Gasteiger partial charge < -0.3 is 5.32 Å². The van der Waals surface area contributed by atoms with Crippen molar-refractivity contribution in [3.05, 3.63) is 33.3 Å². The maximum Gasteiger partial charge on any atom is 0.0180 e. The van der Waals surface area contributed by atoms with Crippen molar-refractivity contribution in [2.75, 3.05) is 13.1 Å². The quantitative estimate of drug-likeness (QED) is 0.873. The Morgan fingerprint density at radius 1 is 1.38 bits per heavy atom. The van der Waals surface area contributed by atoms with Crippen molar-refractivity contribution in [1.82, 2.24) is 5.32 Å². The van der Waals surface area contributed by atoms with Gasteiger partial charge in [0.15, 0.2) is 0 Å². The third-order valence-corrected chi connectivity index (χ3v) is 4.11. The molecule has 1 fully saturated rings. The summed E-state index contributed by atoms with van der Waals surface area (Å²) in [6.07, 6.45) is 3.92. The molecule has 0 aromatic heterocycles. The highest BCUT2D eigenvalue weighted by Gasteiger charge is 2.15. The lowest BCUT2D eigenvalue weighted by Crippen LogP contribution is -2.31. The van der Waals surface area contributed by atoms with Gasteiger partial charge in [0.2, 0.25) is 0 Å². The van der Waals surface area contributed by atoms with Crippen LogP contribution in [0.5, 0.6) is 0 Å². The van der Waals surface area contributed by atoms with Gasteiger partial charge in [-0.1, -0.05) is 15.9 Å². The normalized spacial score (nSPS) is 21.1. The van der Waals surface area contributed by atoms with Crippen LogP contribution in [0.15, 0.2) is 16.6 Å². The predicted molar refractivity (Wildman–Crippen MR) is 72.9 cm³/mol. The standard InChI is InChI=1S/C14H20BrN/c1-10-6-14(15)8-13(11(10)2)7-12-4-3-5-16-9-12/h6,8,12,16H,3-5,7,9H2,1-2H3. The number of nitrogens with one attached hydrogen (secondary N) is 1. The van der Waals surface area contributed by atoms with Crippen LogP contribution in [-0.2, 0) is 6.42 Å². The summed E-state index contributed by atoms with van der Waals surface area (Å²) in [5, 5.41) is 3.49. The van der Waals surface area contributed by atoms with Crippen molar-refractivity contribution < 1.29 is 0 Å². The van der Waals surface area contributed by atoms with E-state index >= 15 is 0 Å². The number of hydrogen-bond donors (Lipinski definition) is 1. The fourth-order valence-electron chi connectivity index (χ4n) is 2.51. The van der Waals surface area contributed by atoms with Crippen molar-refractivity contribution in [3.63, 3.8) is 0 Å². The smallest absolute Gasteiger partial charge is 0.0180 e. The number of hydrogen-bond acceptors (Lipinski definition) is 1. The predicted octanol–water partition coefficient (Wildman–Crippen LogP) is 3.61. The molecule has 1 unspecified atom stereocenters. The van der Waals surface area contributed by atoms with E-state index in [-0.39, 0.29) is 0 Å². The Morgan fingerprint density at radius 3 is 2.88 bits per heavy atom. The number of piperidine rings is 1. The van der Waals surface area contributed by atoms with Gasteiger partial charge in [-0.3, -0.25) is 0 Å². The third kappa shape index (κ3) is 2.86. The first-order valence-electron chi connectivity index (χ1n) is 6.13. The van der Waals surface area contributed by atoms with Gasteiger partial charge in [0.25, 0.3) is 0 Å². The van der Waals surface area contributed by atoms with Crippen LogP contribution in [0.4, 0.5) is 0 Å². The number of rotatable bonds is 2. The second-order valence-electron chi connectivity index (χ2n) is 4.92. The lowest BCUT2D eigenvalue weighted by Gasteiger charge is -2.24. The average molecular weight is 282 g/mol. The van der Waals surface area contributed by atoms with E-state index in [9.17, 15) is 0 Å². The molecule has 1 N–H and O–H groups in total. The van der Waals surface area contributed by atoms with Crippen LogP contribution in [0.3, 0.4) is 0 Å². The van der Waals surface area contributed by atoms with Crippen LogP contribution in [0, 0.1) is 19.8 Å². The van der Waals surface area contributed by atoms with Crippen LogP contribution in [0.2, 0.25) is 0 Å². The maximum absolute atomic E-state index is 3.60. The zero-order valence-electron chi connectivity index (χ0n) is 10.1. The van der Waals surface area contributed by atoms with Gasteiger partial charge in [-0.15, -0.1) is 0 Å². The van der Waals surface area contributed by atoms with Crippen molar-refractivity contribution in [3.8, 4) is 0 Å². The van der Waals surface area contributed by atoms with Gasteiger partial charge in [0.05, 0.1) is 0 Å². The minimum absolute atomic E-state index is 0.821. The Bertz CT molecular complexity index is 367. The number of aryl methyl sites for hydroxylation is 1. The molecule has 1 nitrogen and oxygen atoms in total. The summed E-state index contributed by atoms with van der Waals surface area (Å²) in [4.78, 5) is 0. The van der Waals surface area contributed by atoms with Crippen LogP contribution in [0.25, 0.3) is 0 Å². The van der Waals surface area contributed by atoms with Gasteiger partial charge in [-0.05, 0) is 80.9 Å². The molecule has 0 amide bonds. The molecule has 1 aromatic rings. The molecule has 16 heavy (non-hydrogen) atoms. The highest BCUT2D eigenvalue weighted by Crippen LogP contribution is 2.24. The van der Waals surface area contributed by atoms with Crippen molar-refractivity contribution >= 4 is 15.9 Å². The Balaban J connectivity index is 2.13. The lowest BCUT2D eigenvalue weighted by molar-refractivity contribution is 0.375. The monoisotopic (exact) mass is 281 g/mol. The van der Waals surface area contributed by atoms with E-state index in [1.54, 1.807) is 0 Å². The first kappa shape index (κ1) is 12.1. The van der Waals surface area contributed by atoms with Crippen LogP contribution >= 0.6 is 15.9 Å². The van der Waals surface area contributed by atoms with Gasteiger partial charge in [-0.25, -0.2) is 0 Å². The molecule has 0 radical (unpaired) electrons. The van der Waals surface area contributed by atoms with E-state index in [0.717, 1.165) is 5.92 Å². The molecule has 1 aromatic carbocycles. The van der Waals surface area contributed by atoms with E-state index in [1.165, 1.54) is 53.5 Å². The van der Waals surface area contributed by atoms with E-state index in [0.29, 0.717) is 0 Å². The summed E-state index contributed by atoms with van der Waals surface area (Å²) in [6.45, 7) is 6.83. The maximum atomic E-state index is 3.60. The Kier molecular flexibility index (Phi) is 4.04. The molecule has 1 saturated heterocycles. The summed E-state index contributed by atoms with van der Waals surface area (Å²) < 4.78 is 1.22. The fourth-order valence-corrected chi connectivity index (χ4v) is 3.13. The molecule has 2 heteroatoms. The van der Waals surface area contributed by atoms with Crippen molar-refractivity contribution in [2.24, 2.45) is 5.92 Å². The second-order valence-corrected chi connectivity index (χ2v) is 5.84. The third-order valence-electron chi connectivity index (χ3n) is 3.65. The SMILES string of the molecule is Cc1cc(Br)cc(CC2CCCNC2)c1C. The highest BCUT2D eigenvalue weighted by molar-refractivity contribution is 9.10. The van der Waals surface area contributed by atoms with Gasteiger partial charge in [-0.2, -0.15) is 0 Å². The molecule has 1 aliphatic rings. The molecule has 0 bridgehead atoms. The number of benzene rings is 1. The van der Waals surface area contributed by atoms with Crippen LogP contribution in [-0.4, -0.2) is 13.1 Å². The molecule has 1 heterocycles. The molecular weight excluding hydrogens is 262 g/mol. The summed E-state index contributed by atoms with van der Waals surface area (Å²) >= 11 is 3.60. The van der Waals surface area contributed by atoms with Gasteiger partial charge in [0, 0.05) is 4.47 Å². The van der Waals surface area contributed by atoms with Gasteiger partial charge >= 0.3 is 0 Å². The zero-order chi connectivity index (χ0) is 11.5. The number of halogens is 1. The van der Waals surface area contributed by atoms with Crippen molar-refractivity contribution in [1.29, 1.82) is 0 Å². The zero-order valence-corrected chi connectivity index (χ0v) is 11.7. The molecule has 1 atom stereocenters. The Hall–Kier alpha value is -0.340. The summed E-state index contributed by atoms with van der Waals surface area (Å²) in [5.74, 6) is 0.821. The van der Waals surface area contributed by atoms with E-state index in [2.05, 4.69) is 47.2 Å². The average Bonchev–Trinajstić information content (AvgIpc) is 2.27. The van der Waals surface area contributed by atoms with E-state index < -0.39 is 0 Å². The first-order chi connectivity index (χ1) is 7.66. The lowest BCUT2D eigenvalue weighted by atomic mass is 9.89. The second kappa shape index (κ2) is 5.33. The molecular formula is C14H20BrN. The topological polar surface area (TPSA) is 12.0 Å². The van der Waals surface area contributed by atoms with Crippen LogP contribution in [0.1, 0.15) is 29.5 Å². The molecule has 88 valence electrons. The Labute approximate surface area is 107 Å². The molecule has 0 spiro atoms. The van der Waals surface area contributed by atoms with Crippen molar-refractivity contribution in [2.45, 2.75) is 33.1 Å². The Morgan fingerprint density at radius 2 is 2.19 bits per heavy atom. The minimum atomic E-state index is 0.821. The van der Waals surface area contributed by atoms with E-state index in [4.69, 9.17) is 0 Å². The van der Waals surface area contributed by atoms with Gasteiger partial charge in [0.1, 0.15) is 0 Å². The summed E-state index contributed by atoms with van der Waals surface area (Å²) in [5.41, 5.74) is 4.38. The summed E-state index contributed by atoms with van der Waals surface area (Å²) in [6, 6.07) is 4.49. The molecule has 0 saturated carbocycles. The molecule has 2 rings (SSSR count).